The Labute approximate surface area is 158 Å². The molecule has 2 aliphatic rings. The number of carbonyl (C=O) groups is 1. The quantitative estimate of drug-likeness (QED) is 0.886. The van der Waals surface area contributed by atoms with E-state index in [1.54, 1.807) is 12.1 Å². The molecular formula is C22H24F2N2O. The van der Waals surface area contributed by atoms with Crippen LogP contribution in [0.3, 0.4) is 0 Å². The molecule has 2 bridgehead atoms. The van der Waals surface area contributed by atoms with E-state index in [2.05, 4.69) is 17.3 Å². The largest absolute Gasteiger partial charge is 0.351 e. The SMILES string of the molecule is CN1C2CCC1CC(CNC(=O)c1ccccc1)(c1cc(F)cc(F)c1)C2. The fourth-order valence-corrected chi connectivity index (χ4v) is 4.85. The monoisotopic (exact) mass is 370 g/mol. The third kappa shape index (κ3) is 3.48. The number of nitrogens with zero attached hydrogens (tertiary/aromatic N) is 1. The Morgan fingerprint density at radius 1 is 1.07 bits per heavy atom. The van der Waals surface area contributed by atoms with Gasteiger partial charge in [0.05, 0.1) is 0 Å². The van der Waals surface area contributed by atoms with Gasteiger partial charge < -0.3 is 10.2 Å². The van der Waals surface area contributed by atoms with Gasteiger partial charge in [0.25, 0.3) is 5.91 Å². The summed E-state index contributed by atoms with van der Waals surface area (Å²) < 4.78 is 27.9. The molecule has 2 unspecified atom stereocenters. The lowest BCUT2D eigenvalue weighted by Gasteiger charge is -2.46. The first kappa shape index (κ1) is 18.1. The summed E-state index contributed by atoms with van der Waals surface area (Å²) in [5, 5.41) is 3.03. The number of rotatable bonds is 4. The first-order valence-corrected chi connectivity index (χ1v) is 9.49. The van der Waals surface area contributed by atoms with Crippen molar-refractivity contribution >= 4 is 5.91 Å². The Bertz CT molecular complexity index is 805. The third-order valence-electron chi connectivity index (χ3n) is 6.34. The summed E-state index contributed by atoms with van der Waals surface area (Å²) in [5.41, 5.74) is 0.790. The Morgan fingerprint density at radius 3 is 2.26 bits per heavy atom. The second-order valence-corrected chi connectivity index (χ2v) is 7.95. The highest BCUT2D eigenvalue weighted by atomic mass is 19.1. The van der Waals surface area contributed by atoms with E-state index in [4.69, 9.17) is 0 Å². The number of piperidine rings is 1. The third-order valence-corrected chi connectivity index (χ3v) is 6.34. The molecule has 2 saturated heterocycles. The first-order valence-electron chi connectivity index (χ1n) is 9.49. The Hall–Kier alpha value is -2.27. The van der Waals surface area contributed by atoms with Gasteiger partial charge in [0, 0.05) is 35.7 Å². The van der Waals surface area contributed by atoms with Crippen molar-refractivity contribution in [3.05, 3.63) is 71.3 Å². The maximum atomic E-state index is 14.0. The summed E-state index contributed by atoms with van der Waals surface area (Å²) in [5.74, 6) is -1.28. The normalized spacial score (nSPS) is 27.5. The zero-order valence-electron chi connectivity index (χ0n) is 15.4. The highest BCUT2D eigenvalue weighted by Crippen LogP contribution is 2.46. The zero-order chi connectivity index (χ0) is 19.0. The number of hydrogen-bond donors (Lipinski definition) is 1. The van der Waals surface area contributed by atoms with Gasteiger partial charge in [-0.2, -0.15) is 0 Å². The van der Waals surface area contributed by atoms with Crippen molar-refractivity contribution in [2.45, 2.75) is 43.2 Å². The molecule has 2 atom stereocenters. The van der Waals surface area contributed by atoms with Crippen LogP contribution in [0.5, 0.6) is 0 Å². The predicted molar refractivity (Wildman–Crippen MR) is 101 cm³/mol. The summed E-state index contributed by atoms with van der Waals surface area (Å²) in [6.45, 7) is 0.379. The fraction of sp³-hybridized carbons (Fsp3) is 0.409. The Morgan fingerprint density at radius 2 is 1.67 bits per heavy atom. The van der Waals surface area contributed by atoms with E-state index in [1.165, 1.54) is 12.1 Å². The minimum absolute atomic E-state index is 0.155. The summed E-state index contributed by atoms with van der Waals surface area (Å²) in [6, 6.07) is 13.6. The number of nitrogens with one attached hydrogen (secondary N) is 1. The molecular weight excluding hydrogens is 346 g/mol. The van der Waals surface area contributed by atoms with Crippen LogP contribution in [0.25, 0.3) is 0 Å². The van der Waals surface area contributed by atoms with Gasteiger partial charge in [-0.1, -0.05) is 18.2 Å². The number of halogens is 2. The number of amides is 1. The van der Waals surface area contributed by atoms with Gasteiger partial charge in [-0.05, 0) is 62.6 Å². The maximum absolute atomic E-state index is 14.0. The summed E-state index contributed by atoms with van der Waals surface area (Å²) in [4.78, 5) is 14.9. The molecule has 0 radical (unpaired) electrons. The number of hydrogen-bond acceptors (Lipinski definition) is 2. The molecule has 0 spiro atoms. The molecule has 2 aromatic carbocycles. The zero-order valence-corrected chi connectivity index (χ0v) is 15.4. The van der Waals surface area contributed by atoms with Crippen LogP contribution in [0.4, 0.5) is 8.78 Å². The van der Waals surface area contributed by atoms with E-state index in [1.807, 2.05) is 18.2 Å². The van der Waals surface area contributed by atoms with E-state index in [0.717, 1.165) is 31.7 Å². The average molecular weight is 370 g/mol. The molecule has 2 aliphatic heterocycles. The standard InChI is InChI=1S/C22H24F2N2O/c1-26-19-7-8-20(26)13-22(12-19,16-9-17(23)11-18(24)10-16)14-25-21(27)15-5-3-2-4-6-15/h2-6,9-11,19-20H,7-8,12-14H2,1H3,(H,25,27). The highest BCUT2D eigenvalue weighted by molar-refractivity contribution is 5.94. The molecule has 2 aromatic rings. The van der Waals surface area contributed by atoms with Crippen LogP contribution in [0.1, 0.15) is 41.6 Å². The van der Waals surface area contributed by atoms with Gasteiger partial charge in [-0.25, -0.2) is 8.78 Å². The van der Waals surface area contributed by atoms with Crippen LogP contribution >= 0.6 is 0 Å². The lowest BCUT2D eigenvalue weighted by molar-refractivity contribution is 0.0869. The molecule has 2 fully saturated rings. The maximum Gasteiger partial charge on any atom is 0.251 e. The summed E-state index contributed by atoms with van der Waals surface area (Å²) >= 11 is 0. The molecule has 5 heteroatoms. The highest BCUT2D eigenvalue weighted by Gasteiger charge is 2.48. The van der Waals surface area contributed by atoms with Crippen LogP contribution < -0.4 is 5.32 Å². The van der Waals surface area contributed by atoms with Gasteiger partial charge in [0.2, 0.25) is 0 Å². The number of fused-ring (bicyclic) bond motifs is 2. The van der Waals surface area contributed by atoms with Crippen molar-refractivity contribution in [3.63, 3.8) is 0 Å². The molecule has 2 heterocycles. The van der Waals surface area contributed by atoms with Gasteiger partial charge in [0.15, 0.2) is 0 Å². The van der Waals surface area contributed by atoms with Crippen molar-refractivity contribution in [1.82, 2.24) is 10.2 Å². The van der Waals surface area contributed by atoms with Gasteiger partial charge >= 0.3 is 0 Å². The lowest BCUT2D eigenvalue weighted by Crippen LogP contribution is -2.52. The van der Waals surface area contributed by atoms with Crippen LogP contribution in [-0.4, -0.2) is 36.5 Å². The van der Waals surface area contributed by atoms with Crippen LogP contribution in [0, 0.1) is 11.6 Å². The second kappa shape index (κ2) is 7.04. The topological polar surface area (TPSA) is 32.3 Å². The Balaban J connectivity index is 1.64. The molecule has 0 aromatic heterocycles. The molecule has 4 rings (SSSR count). The minimum atomic E-state index is -0.565. The van der Waals surface area contributed by atoms with Crippen LogP contribution in [0.2, 0.25) is 0 Å². The molecule has 1 N–H and O–H groups in total. The first-order chi connectivity index (χ1) is 13.0. The van der Waals surface area contributed by atoms with E-state index < -0.39 is 17.0 Å². The van der Waals surface area contributed by atoms with E-state index in [9.17, 15) is 13.6 Å². The van der Waals surface area contributed by atoms with Crippen molar-refractivity contribution in [2.75, 3.05) is 13.6 Å². The minimum Gasteiger partial charge on any atom is -0.351 e. The fourth-order valence-electron chi connectivity index (χ4n) is 4.85. The smallest absolute Gasteiger partial charge is 0.251 e. The average Bonchev–Trinajstić information content (AvgIpc) is 2.88. The number of carbonyl (C=O) groups excluding carboxylic acids is 1. The van der Waals surface area contributed by atoms with Crippen LogP contribution in [-0.2, 0) is 5.41 Å². The summed E-state index contributed by atoms with van der Waals surface area (Å²) in [7, 11) is 2.13. The molecule has 1 amide bonds. The summed E-state index contributed by atoms with van der Waals surface area (Å²) in [6.07, 6.45) is 3.76. The Kier molecular flexibility index (Phi) is 4.72. The van der Waals surface area contributed by atoms with Gasteiger partial charge in [-0.15, -0.1) is 0 Å². The second-order valence-electron chi connectivity index (χ2n) is 7.95. The van der Waals surface area contributed by atoms with E-state index >= 15 is 0 Å². The molecule has 142 valence electrons. The van der Waals surface area contributed by atoms with Crippen molar-refractivity contribution in [3.8, 4) is 0 Å². The van der Waals surface area contributed by atoms with E-state index in [0.29, 0.717) is 29.8 Å². The molecule has 0 aliphatic carbocycles. The van der Waals surface area contributed by atoms with Gasteiger partial charge in [-0.3, -0.25) is 4.79 Å². The predicted octanol–water partition coefficient (Wildman–Crippen LogP) is 3.89. The van der Waals surface area contributed by atoms with Crippen LogP contribution in [0.15, 0.2) is 48.5 Å². The van der Waals surface area contributed by atoms with Crippen molar-refractivity contribution < 1.29 is 13.6 Å². The lowest BCUT2D eigenvalue weighted by atomic mass is 9.70. The van der Waals surface area contributed by atoms with Crippen molar-refractivity contribution in [1.29, 1.82) is 0 Å². The molecule has 3 nitrogen and oxygen atoms in total. The molecule has 0 saturated carbocycles. The van der Waals surface area contributed by atoms with Gasteiger partial charge in [0.1, 0.15) is 11.6 Å². The van der Waals surface area contributed by atoms with E-state index in [-0.39, 0.29) is 5.91 Å². The van der Waals surface area contributed by atoms with Crippen molar-refractivity contribution in [2.24, 2.45) is 0 Å². The number of benzene rings is 2. The molecule has 27 heavy (non-hydrogen) atoms.